The molecule has 5 N–H and O–H groups in total. The average Bonchev–Trinajstić information content (AvgIpc) is 2.72. The molecule has 0 fully saturated rings. The van der Waals surface area contributed by atoms with E-state index in [1.54, 1.807) is 18.2 Å². The summed E-state index contributed by atoms with van der Waals surface area (Å²) in [6.07, 6.45) is -1.03. The fourth-order valence-corrected chi connectivity index (χ4v) is 3.26. The normalized spacial score (nSPS) is 16.2. The Balaban J connectivity index is 1.39. The molecule has 0 aromatic heterocycles. The number of carbonyl (C=O) groups is 1. The summed E-state index contributed by atoms with van der Waals surface area (Å²) in [6, 6.07) is 8.46. The van der Waals surface area contributed by atoms with Gasteiger partial charge in [0.25, 0.3) is 0 Å². The second-order valence-electron chi connectivity index (χ2n) is 6.76. The number of carboxylic acids is 1. The number of rotatable bonds is 9. The molecule has 8 nitrogen and oxygen atoms in total. The number of carboxylic acid groups (broad SMARTS) is 1. The lowest BCUT2D eigenvalue weighted by atomic mass is 10.1. The van der Waals surface area contributed by atoms with Crippen LogP contribution < -0.4 is 25.3 Å². The predicted octanol–water partition coefficient (Wildman–Crippen LogP) is 2.37. The molecule has 1 aliphatic heterocycles. The van der Waals surface area contributed by atoms with Crippen LogP contribution in [0.1, 0.15) is 5.56 Å². The molecule has 0 radical (unpaired) electrons. The van der Waals surface area contributed by atoms with Gasteiger partial charge in [0.2, 0.25) is 6.10 Å². The standard InChI is InChI=1S/C20H22Cl2N2O6/c21-14-6-13(7-15(22)19(14)23)28-9-12(25)8-24-4-3-11-1-2-16-17(5-11)29-10-18(30-16)20(26)27/h1-2,5-7,12,18,24-25H,3-4,8-10,23H2,(H,26,27)/t12-,18?/m0/s1. The van der Waals surface area contributed by atoms with Crippen molar-refractivity contribution in [1.29, 1.82) is 0 Å². The zero-order chi connectivity index (χ0) is 21.7. The summed E-state index contributed by atoms with van der Waals surface area (Å²) in [4.78, 5) is 11.0. The topological polar surface area (TPSA) is 123 Å². The summed E-state index contributed by atoms with van der Waals surface area (Å²) in [5.74, 6) is 0.318. The fraction of sp³-hybridized carbons (Fsp3) is 0.350. The van der Waals surface area contributed by atoms with Crippen molar-refractivity contribution in [1.82, 2.24) is 5.32 Å². The van der Waals surface area contributed by atoms with E-state index in [1.165, 1.54) is 0 Å². The monoisotopic (exact) mass is 456 g/mol. The highest BCUT2D eigenvalue weighted by molar-refractivity contribution is 6.39. The van der Waals surface area contributed by atoms with Crippen LogP contribution in [-0.2, 0) is 11.2 Å². The number of nitrogens with one attached hydrogen (secondary N) is 1. The smallest absolute Gasteiger partial charge is 0.348 e. The Labute approximate surface area is 183 Å². The van der Waals surface area contributed by atoms with Crippen molar-refractivity contribution < 1.29 is 29.2 Å². The van der Waals surface area contributed by atoms with E-state index in [0.29, 0.717) is 46.8 Å². The maximum atomic E-state index is 11.0. The van der Waals surface area contributed by atoms with Gasteiger partial charge in [-0.25, -0.2) is 4.79 Å². The largest absolute Gasteiger partial charge is 0.491 e. The number of aliphatic hydroxyl groups excluding tert-OH is 1. The minimum Gasteiger partial charge on any atom is -0.491 e. The molecule has 162 valence electrons. The van der Waals surface area contributed by atoms with Gasteiger partial charge in [-0.3, -0.25) is 0 Å². The summed E-state index contributed by atoms with van der Waals surface area (Å²) in [5.41, 5.74) is 6.96. The maximum absolute atomic E-state index is 11.0. The van der Waals surface area contributed by atoms with Gasteiger partial charge in [0.1, 0.15) is 25.1 Å². The van der Waals surface area contributed by atoms with Crippen molar-refractivity contribution in [2.45, 2.75) is 18.6 Å². The first kappa shape index (κ1) is 22.3. The second-order valence-corrected chi connectivity index (χ2v) is 7.57. The molecule has 1 aliphatic rings. The molecule has 0 saturated carbocycles. The Morgan fingerprint density at radius 1 is 1.27 bits per heavy atom. The Morgan fingerprint density at radius 3 is 2.70 bits per heavy atom. The summed E-state index contributed by atoms with van der Waals surface area (Å²) < 4.78 is 16.4. The Bertz CT molecular complexity index is 888. The van der Waals surface area contributed by atoms with Gasteiger partial charge in [0.05, 0.1) is 15.7 Å². The molecule has 1 unspecified atom stereocenters. The van der Waals surface area contributed by atoms with E-state index >= 15 is 0 Å². The van der Waals surface area contributed by atoms with E-state index in [2.05, 4.69) is 5.32 Å². The Kier molecular flexibility index (Phi) is 7.49. The molecule has 10 heteroatoms. The molecule has 0 saturated heterocycles. The fourth-order valence-electron chi connectivity index (χ4n) is 2.79. The van der Waals surface area contributed by atoms with Crippen LogP contribution in [-0.4, -0.2) is 54.7 Å². The average molecular weight is 457 g/mol. The number of benzene rings is 2. The third kappa shape index (κ3) is 5.82. The molecular weight excluding hydrogens is 435 g/mol. The number of nitrogens with two attached hydrogens (primary N) is 1. The van der Waals surface area contributed by atoms with Crippen molar-refractivity contribution in [3.05, 3.63) is 45.9 Å². The van der Waals surface area contributed by atoms with Gasteiger partial charge in [-0.1, -0.05) is 29.3 Å². The Hall–Kier alpha value is -2.39. The summed E-state index contributed by atoms with van der Waals surface area (Å²) in [7, 11) is 0. The second kappa shape index (κ2) is 10.1. The first-order chi connectivity index (χ1) is 14.3. The number of fused-ring (bicyclic) bond motifs is 1. The first-order valence-electron chi connectivity index (χ1n) is 9.24. The van der Waals surface area contributed by atoms with Crippen LogP contribution in [0.2, 0.25) is 10.0 Å². The highest BCUT2D eigenvalue weighted by atomic mass is 35.5. The van der Waals surface area contributed by atoms with Crippen molar-refractivity contribution in [2.75, 3.05) is 32.0 Å². The summed E-state index contributed by atoms with van der Waals surface area (Å²) >= 11 is 11.9. The van der Waals surface area contributed by atoms with Crippen LogP contribution in [0.15, 0.2) is 30.3 Å². The zero-order valence-corrected chi connectivity index (χ0v) is 17.4. The van der Waals surface area contributed by atoms with Gasteiger partial charge in [0, 0.05) is 18.7 Å². The van der Waals surface area contributed by atoms with Gasteiger partial charge in [0.15, 0.2) is 11.5 Å². The van der Waals surface area contributed by atoms with Gasteiger partial charge in [-0.2, -0.15) is 0 Å². The molecule has 0 aliphatic carbocycles. The van der Waals surface area contributed by atoms with Crippen LogP contribution in [0.4, 0.5) is 5.69 Å². The maximum Gasteiger partial charge on any atom is 0.348 e. The van der Waals surface area contributed by atoms with Gasteiger partial charge in [-0.05, 0) is 30.7 Å². The highest BCUT2D eigenvalue weighted by Gasteiger charge is 2.27. The van der Waals surface area contributed by atoms with E-state index < -0.39 is 18.2 Å². The molecule has 30 heavy (non-hydrogen) atoms. The number of nitrogen functional groups attached to an aromatic ring is 1. The number of aliphatic carboxylic acids is 1. The molecule has 2 aromatic carbocycles. The Morgan fingerprint density at radius 2 is 2.00 bits per heavy atom. The van der Waals surface area contributed by atoms with E-state index in [9.17, 15) is 9.90 Å². The number of hydrogen-bond donors (Lipinski definition) is 4. The van der Waals surface area contributed by atoms with Crippen LogP contribution in [0.5, 0.6) is 17.2 Å². The number of anilines is 1. The molecule has 0 amide bonds. The quantitative estimate of drug-likeness (QED) is 0.334. The molecule has 2 atom stereocenters. The third-order valence-electron chi connectivity index (χ3n) is 4.41. The zero-order valence-electron chi connectivity index (χ0n) is 15.9. The van der Waals surface area contributed by atoms with E-state index in [1.807, 2.05) is 12.1 Å². The first-order valence-corrected chi connectivity index (χ1v) is 10.0. The third-order valence-corrected chi connectivity index (χ3v) is 5.03. The van der Waals surface area contributed by atoms with Crippen molar-refractivity contribution in [2.24, 2.45) is 0 Å². The minimum atomic E-state index is -1.06. The van der Waals surface area contributed by atoms with Crippen LogP contribution in [0, 0.1) is 0 Å². The van der Waals surface area contributed by atoms with Crippen LogP contribution >= 0.6 is 23.2 Å². The summed E-state index contributed by atoms with van der Waals surface area (Å²) in [5, 5.41) is 22.8. The van der Waals surface area contributed by atoms with E-state index in [0.717, 1.165) is 5.56 Å². The lowest BCUT2D eigenvalue weighted by Crippen LogP contribution is -2.36. The number of halogens is 2. The number of aliphatic hydroxyl groups is 1. The lowest BCUT2D eigenvalue weighted by Gasteiger charge is -2.24. The predicted molar refractivity (Wildman–Crippen MR) is 113 cm³/mol. The molecule has 3 rings (SSSR count). The molecule has 1 heterocycles. The van der Waals surface area contributed by atoms with Crippen molar-refractivity contribution in [3.63, 3.8) is 0 Å². The highest BCUT2D eigenvalue weighted by Crippen LogP contribution is 2.33. The van der Waals surface area contributed by atoms with Crippen LogP contribution in [0.25, 0.3) is 0 Å². The molecule has 0 bridgehead atoms. The van der Waals surface area contributed by atoms with Gasteiger partial charge < -0.3 is 35.5 Å². The molecular formula is C20H22Cl2N2O6. The lowest BCUT2D eigenvalue weighted by molar-refractivity contribution is -0.147. The van der Waals surface area contributed by atoms with Crippen molar-refractivity contribution >= 4 is 34.9 Å². The number of hydrogen-bond acceptors (Lipinski definition) is 7. The summed E-state index contributed by atoms with van der Waals surface area (Å²) in [6.45, 7) is 0.994. The van der Waals surface area contributed by atoms with E-state index in [-0.39, 0.29) is 18.9 Å². The minimum absolute atomic E-state index is 0.0271. The van der Waals surface area contributed by atoms with Crippen LogP contribution in [0.3, 0.4) is 0 Å². The van der Waals surface area contributed by atoms with E-state index in [4.69, 9.17) is 48.3 Å². The molecule has 2 aromatic rings. The van der Waals surface area contributed by atoms with Crippen molar-refractivity contribution in [3.8, 4) is 17.2 Å². The SMILES string of the molecule is Nc1c(Cl)cc(OC[C@@H](O)CNCCc2ccc3c(c2)OCC(C(=O)O)O3)cc1Cl. The molecule has 0 spiro atoms. The van der Waals surface area contributed by atoms with Gasteiger partial charge in [-0.15, -0.1) is 0 Å². The van der Waals surface area contributed by atoms with Gasteiger partial charge >= 0.3 is 5.97 Å². The number of ether oxygens (including phenoxy) is 3.